The summed E-state index contributed by atoms with van der Waals surface area (Å²) in [7, 11) is 1.84. The lowest BCUT2D eigenvalue weighted by atomic mass is 10.2. The molecule has 0 radical (unpaired) electrons. The van der Waals surface area contributed by atoms with Gasteiger partial charge in [0.05, 0.1) is 0 Å². The van der Waals surface area contributed by atoms with E-state index in [0.29, 0.717) is 11.4 Å². The van der Waals surface area contributed by atoms with Gasteiger partial charge in [-0.05, 0) is 24.7 Å². The zero-order valence-electron chi connectivity index (χ0n) is 12.2. The highest BCUT2D eigenvalue weighted by Gasteiger charge is 2.18. The Labute approximate surface area is 124 Å². The Morgan fingerprint density at radius 3 is 3.15 bits per heavy atom. The summed E-state index contributed by atoms with van der Waals surface area (Å²) < 4.78 is 5.82. The number of hydrogen-bond donors (Lipinski definition) is 0. The Kier molecular flexibility index (Phi) is 5.71. The first-order valence-corrected chi connectivity index (χ1v) is 8.32. The molecular weight excluding hydrogens is 272 g/mol. The number of ether oxygens (including phenoxy) is 1. The molecule has 1 amide bonds. The maximum atomic E-state index is 12.3. The minimum Gasteiger partial charge on any atom is -0.473 e. The predicted molar refractivity (Wildman–Crippen MR) is 82.5 cm³/mol. The number of rotatable bonds is 6. The first-order valence-electron chi connectivity index (χ1n) is 7.16. The molecule has 2 heterocycles. The van der Waals surface area contributed by atoms with E-state index in [-0.39, 0.29) is 12.0 Å². The third kappa shape index (κ3) is 4.13. The van der Waals surface area contributed by atoms with Gasteiger partial charge in [0.2, 0.25) is 5.88 Å². The van der Waals surface area contributed by atoms with Crippen molar-refractivity contribution in [3.05, 3.63) is 23.9 Å². The number of amides is 1. The van der Waals surface area contributed by atoms with Crippen molar-refractivity contribution in [3.63, 3.8) is 0 Å². The first kappa shape index (κ1) is 15.2. The molecule has 5 heteroatoms. The lowest BCUT2D eigenvalue weighted by Gasteiger charge is -2.17. The molecule has 0 spiro atoms. The van der Waals surface area contributed by atoms with E-state index < -0.39 is 0 Å². The van der Waals surface area contributed by atoms with Crippen LogP contribution in [-0.4, -0.2) is 47.0 Å². The van der Waals surface area contributed by atoms with Crippen LogP contribution in [0.4, 0.5) is 0 Å². The molecule has 1 aromatic heterocycles. The van der Waals surface area contributed by atoms with Crippen LogP contribution in [0.2, 0.25) is 0 Å². The van der Waals surface area contributed by atoms with Crippen molar-refractivity contribution in [1.29, 1.82) is 0 Å². The van der Waals surface area contributed by atoms with Gasteiger partial charge in [-0.25, -0.2) is 4.98 Å². The number of thioether (sulfide) groups is 1. The highest BCUT2D eigenvalue weighted by Crippen LogP contribution is 2.22. The van der Waals surface area contributed by atoms with E-state index >= 15 is 0 Å². The van der Waals surface area contributed by atoms with Gasteiger partial charge in [-0.3, -0.25) is 4.79 Å². The van der Waals surface area contributed by atoms with Gasteiger partial charge in [0, 0.05) is 37.2 Å². The molecule has 4 nitrogen and oxygen atoms in total. The summed E-state index contributed by atoms with van der Waals surface area (Å²) in [6, 6.07) is 3.51. The van der Waals surface area contributed by atoms with E-state index in [1.54, 1.807) is 23.2 Å². The van der Waals surface area contributed by atoms with Crippen LogP contribution in [0.15, 0.2) is 18.3 Å². The summed E-state index contributed by atoms with van der Waals surface area (Å²) in [5.74, 6) is 2.75. The molecule has 1 aromatic rings. The SMILES string of the molecule is CCCCN(C)C(=O)c1ccnc(OC2CCSC2)c1. The van der Waals surface area contributed by atoms with Crippen molar-refractivity contribution in [3.8, 4) is 5.88 Å². The zero-order chi connectivity index (χ0) is 14.4. The van der Waals surface area contributed by atoms with Gasteiger partial charge in [-0.2, -0.15) is 11.8 Å². The van der Waals surface area contributed by atoms with Crippen molar-refractivity contribution in [2.45, 2.75) is 32.3 Å². The number of hydrogen-bond acceptors (Lipinski definition) is 4. The second-order valence-electron chi connectivity index (χ2n) is 5.07. The monoisotopic (exact) mass is 294 g/mol. The summed E-state index contributed by atoms with van der Waals surface area (Å²) >= 11 is 1.90. The average molecular weight is 294 g/mol. The molecule has 1 saturated heterocycles. The lowest BCUT2D eigenvalue weighted by Crippen LogP contribution is -2.27. The molecule has 0 aromatic carbocycles. The number of carbonyl (C=O) groups is 1. The van der Waals surface area contributed by atoms with Crippen molar-refractivity contribution in [1.82, 2.24) is 9.88 Å². The summed E-state index contributed by atoms with van der Waals surface area (Å²) in [5.41, 5.74) is 0.652. The minimum atomic E-state index is 0.0338. The molecule has 2 rings (SSSR count). The summed E-state index contributed by atoms with van der Waals surface area (Å²) in [6.07, 6.45) is 5.05. The van der Waals surface area contributed by atoms with E-state index in [4.69, 9.17) is 4.74 Å². The highest BCUT2D eigenvalue weighted by atomic mass is 32.2. The lowest BCUT2D eigenvalue weighted by molar-refractivity contribution is 0.0792. The Morgan fingerprint density at radius 1 is 1.60 bits per heavy atom. The fourth-order valence-electron chi connectivity index (χ4n) is 2.10. The summed E-state index contributed by atoms with van der Waals surface area (Å²) in [5, 5.41) is 0. The molecule has 1 unspecified atom stereocenters. The summed E-state index contributed by atoms with van der Waals surface area (Å²) in [6.45, 7) is 2.91. The second-order valence-corrected chi connectivity index (χ2v) is 6.22. The van der Waals surface area contributed by atoms with Crippen LogP contribution >= 0.6 is 11.8 Å². The Morgan fingerprint density at radius 2 is 2.45 bits per heavy atom. The quantitative estimate of drug-likeness (QED) is 0.809. The van der Waals surface area contributed by atoms with Gasteiger partial charge < -0.3 is 9.64 Å². The van der Waals surface area contributed by atoms with E-state index in [1.807, 2.05) is 18.8 Å². The van der Waals surface area contributed by atoms with Crippen LogP contribution in [-0.2, 0) is 0 Å². The second kappa shape index (κ2) is 7.53. The van der Waals surface area contributed by atoms with Crippen LogP contribution < -0.4 is 4.74 Å². The number of aromatic nitrogens is 1. The van der Waals surface area contributed by atoms with E-state index in [2.05, 4.69) is 11.9 Å². The molecule has 1 fully saturated rings. The molecule has 0 bridgehead atoms. The Balaban J connectivity index is 1.98. The standard InChI is InChI=1S/C15H22N2O2S/c1-3-4-8-17(2)15(18)12-5-7-16-14(10-12)19-13-6-9-20-11-13/h5,7,10,13H,3-4,6,8-9,11H2,1-2H3. The third-order valence-electron chi connectivity index (χ3n) is 3.35. The van der Waals surface area contributed by atoms with Crippen molar-refractivity contribution >= 4 is 17.7 Å². The zero-order valence-corrected chi connectivity index (χ0v) is 13.0. The normalized spacial score (nSPS) is 18.0. The number of carbonyl (C=O) groups excluding carboxylic acids is 1. The van der Waals surface area contributed by atoms with E-state index in [9.17, 15) is 4.79 Å². The summed E-state index contributed by atoms with van der Waals surface area (Å²) in [4.78, 5) is 18.2. The molecule has 0 N–H and O–H groups in total. The first-order chi connectivity index (χ1) is 9.70. The van der Waals surface area contributed by atoms with Crippen LogP contribution in [0.25, 0.3) is 0 Å². The van der Waals surface area contributed by atoms with Crippen molar-refractivity contribution < 1.29 is 9.53 Å². The predicted octanol–water partition coefficient (Wildman–Crippen LogP) is 2.84. The van der Waals surface area contributed by atoms with Gasteiger partial charge in [0.15, 0.2) is 0 Å². The smallest absolute Gasteiger partial charge is 0.253 e. The molecule has 20 heavy (non-hydrogen) atoms. The number of unbranched alkanes of at least 4 members (excludes halogenated alkanes) is 1. The van der Waals surface area contributed by atoms with Crippen LogP contribution in [0, 0.1) is 0 Å². The average Bonchev–Trinajstić information content (AvgIpc) is 2.97. The Bertz CT molecular complexity index is 447. The molecule has 0 saturated carbocycles. The van der Waals surface area contributed by atoms with Gasteiger partial charge in [-0.1, -0.05) is 13.3 Å². The van der Waals surface area contributed by atoms with E-state index in [0.717, 1.165) is 37.3 Å². The van der Waals surface area contributed by atoms with E-state index in [1.165, 1.54) is 0 Å². The van der Waals surface area contributed by atoms with Gasteiger partial charge in [-0.15, -0.1) is 0 Å². The topological polar surface area (TPSA) is 42.4 Å². The molecule has 0 aliphatic carbocycles. The van der Waals surface area contributed by atoms with Crippen LogP contribution in [0.5, 0.6) is 5.88 Å². The third-order valence-corrected chi connectivity index (χ3v) is 4.48. The highest BCUT2D eigenvalue weighted by molar-refractivity contribution is 7.99. The molecule has 110 valence electrons. The molecule has 1 aliphatic rings. The van der Waals surface area contributed by atoms with Gasteiger partial charge in [0.25, 0.3) is 5.91 Å². The maximum absolute atomic E-state index is 12.3. The fourth-order valence-corrected chi connectivity index (χ4v) is 3.19. The van der Waals surface area contributed by atoms with Crippen molar-refractivity contribution in [2.75, 3.05) is 25.1 Å². The van der Waals surface area contributed by atoms with Gasteiger partial charge >= 0.3 is 0 Å². The minimum absolute atomic E-state index is 0.0338. The Hall–Kier alpha value is -1.23. The largest absolute Gasteiger partial charge is 0.473 e. The molecule has 1 aliphatic heterocycles. The molecule has 1 atom stereocenters. The fraction of sp³-hybridized carbons (Fsp3) is 0.600. The maximum Gasteiger partial charge on any atom is 0.253 e. The van der Waals surface area contributed by atoms with Gasteiger partial charge in [0.1, 0.15) is 6.10 Å². The van der Waals surface area contributed by atoms with Crippen LogP contribution in [0.3, 0.4) is 0 Å². The van der Waals surface area contributed by atoms with Crippen LogP contribution in [0.1, 0.15) is 36.5 Å². The molecular formula is C15H22N2O2S. The number of nitrogens with zero attached hydrogens (tertiary/aromatic N) is 2. The number of pyridine rings is 1. The van der Waals surface area contributed by atoms with Crippen molar-refractivity contribution in [2.24, 2.45) is 0 Å².